The second-order valence-corrected chi connectivity index (χ2v) is 4.30. The van der Waals surface area contributed by atoms with E-state index in [0.29, 0.717) is 11.7 Å². The molecule has 0 aliphatic heterocycles. The smallest absolute Gasteiger partial charge is 0.181 e. The predicted octanol–water partition coefficient (Wildman–Crippen LogP) is 3.07. The summed E-state index contributed by atoms with van der Waals surface area (Å²) in [6.45, 7) is 0. The molecule has 5 heteroatoms. The lowest BCUT2D eigenvalue weighted by molar-refractivity contribution is 0.848. The van der Waals surface area contributed by atoms with Crippen molar-refractivity contribution in [2.24, 2.45) is 0 Å². The van der Waals surface area contributed by atoms with Gasteiger partial charge in [0.2, 0.25) is 0 Å². The van der Waals surface area contributed by atoms with E-state index in [1.807, 2.05) is 42.5 Å². The fourth-order valence-electron chi connectivity index (χ4n) is 1.79. The summed E-state index contributed by atoms with van der Waals surface area (Å²) in [6.07, 6.45) is 3.38. The van der Waals surface area contributed by atoms with Crippen molar-refractivity contribution in [3.63, 3.8) is 0 Å². The Hall–Kier alpha value is -2.20. The van der Waals surface area contributed by atoms with Crippen LogP contribution in [0.2, 0.25) is 0 Å². The first kappa shape index (κ1) is 11.9. The highest BCUT2D eigenvalue weighted by Crippen LogP contribution is 2.17. The fraction of sp³-hybridized carbons (Fsp3) is 0.0714. The molecule has 94 valence electrons. The Kier molecular flexibility index (Phi) is 3.25. The van der Waals surface area contributed by atoms with Crippen LogP contribution in [-0.2, 0) is 5.88 Å². The number of hydrogen-bond acceptors (Lipinski definition) is 3. The second kappa shape index (κ2) is 5.20. The van der Waals surface area contributed by atoms with Crippen molar-refractivity contribution < 1.29 is 0 Å². The van der Waals surface area contributed by atoms with Crippen LogP contribution in [0.1, 0.15) is 5.56 Å². The maximum Gasteiger partial charge on any atom is 0.181 e. The Morgan fingerprint density at radius 2 is 2.00 bits per heavy atom. The van der Waals surface area contributed by atoms with Crippen LogP contribution < -0.4 is 0 Å². The van der Waals surface area contributed by atoms with Gasteiger partial charge < -0.3 is 0 Å². The molecule has 0 aliphatic carbocycles. The zero-order valence-corrected chi connectivity index (χ0v) is 10.8. The minimum Gasteiger partial charge on any atom is -0.237 e. The fourth-order valence-corrected chi connectivity index (χ4v) is 1.95. The molecule has 0 fully saturated rings. The first-order chi connectivity index (χ1) is 9.36. The molecule has 2 aromatic heterocycles. The quantitative estimate of drug-likeness (QED) is 0.687. The summed E-state index contributed by atoms with van der Waals surface area (Å²) in [5.74, 6) is 1.89. The third-order valence-corrected chi connectivity index (χ3v) is 3.02. The monoisotopic (exact) mass is 270 g/mol. The van der Waals surface area contributed by atoms with Gasteiger partial charge in [-0.1, -0.05) is 24.3 Å². The van der Waals surface area contributed by atoms with Crippen LogP contribution in [0, 0.1) is 0 Å². The minimum absolute atomic E-state index is 0.481. The first-order valence-electron chi connectivity index (χ1n) is 5.85. The normalized spacial score (nSPS) is 10.6. The van der Waals surface area contributed by atoms with Crippen LogP contribution in [0.5, 0.6) is 0 Å². The van der Waals surface area contributed by atoms with E-state index in [1.165, 1.54) is 0 Å². The highest BCUT2D eigenvalue weighted by Gasteiger charge is 2.06. The van der Waals surface area contributed by atoms with Gasteiger partial charge in [-0.05, 0) is 23.8 Å². The molecule has 0 bridgehead atoms. The van der Waals surface area contributed by atoms with Gasteiger partial charge in [0.1, 0.15) is 6.33 Å². The van der Waals surface area contributed by atoms with Crippen molar-refractivity contribution in [3.05, 3.63) is 60.6 Å². The molecule has 0 unspecified atom stereocenters. The molecule has 0 aliphatic rings. The molecule has 2 heterocycles. The van der Waals surface area contributed by atoms with Gasteiger partial charge in [0.25, 0.3) is 0 Å². The number of benzene rings is 1. The summed E-state index contributed by atoms with van der Waals surface area (Å²) in [6, 6.07) is 13.6. The molecule has 0 radical (unpaired) electrons. The molecular weight excluding hydrogens is 260 g/mol. The van der Waals surface area contributed by atoms with Gasteiger partial charge in [0, 0.05) is 17.6 Å². The Bertz CT molecular complexity index is 679. The van der Waals surface area contributed by atoms with Crippen LogP contribution in [0.4, 0.5) is 0 Å². The summed E-state index contributed by atoms with van der Waals surface area (Å²) in [5.41, 5.74) is 2.00. The van der Waals surface area contributed by atoms with E-state index < -0.39 is 0 Å². The second-order valence-electron chi connectivity index (χ2n) is 4.03. The van der Waals surface area contributed by atoms with Gasteiger partial charge in [-0.2, -0.15) is 0 Å². The molecule has 3 rings (SSSR count). The molecule has 0 saturated heterocycles. The standard InChI is InChI=1S/C14H11ClN4/c15-9-11-4-3-5-12(8-11)14-17-10-19(18-14)13-6-1-2-7-16-13/h1-8,10H,9H2. The van der Waals surface area contributed by atoms with Gasteiger partial charge in [-0.15, -0.1) is 16.7 Å². The SMILES string of the molecule is ClCc1cccc(-c2ncn(-c3ccccn3)n2)c1. The maximum absolute atomic E-state index is 5.83. The number of alkyl halides is 1. The average Bonchev–Trinajstić information content (AvgIpc) is 2.98. The Morgan fingerprint density at radius 3 is 2.79 bits per heavy atom. The van der Waals surface area contributed by atoms with E-state index in [0.717, 1.165) is 16.9 Å². The summed E-state index contributed by atoms with van der Waals surface area (Å²) in [5, 5.41) is 4.43. The lowest BCUT2D eigenvalue weighted by Gasteiger charge is -1.99. The topological polar surface area (TPSA) is 43.6 Å². The van der Waals surface area contributed by atoms with E-state index in [9.17, 15) is 0 Å². The van der Waals surface area contributed by atoms with Crippen LogP contribution in [0.25, 0.3) is 17.2 Å². The first-order valence-corrected chi connectivity index (χ1v) is 6.38. The van der Waals surface area contributed by atoms with Gasteiger partial charge in [-0.3, -0.25) is 0 Å². The molecule has 19 heavy (non-hydrogen) atoms. The molecule has 1 aromatic carbocycles. The summed E-state index contributed by atoms with van der Waals surface area (Å²) >= 11 is 5.83. The number of pyridine rings is 1. The van der Waals surface area contributed by atoms with Crippen LogP contribution in [0.15, 0.2) is 55.0 Å². The number of halogens is 1. The zero-order chi connectivity index (χ0) is 13.1. The van der Waals surface area contributed by atoms with E-state index in [1.54, 1.807) is 17.2 Å². The number of rotatable bonds is 3. The van der Waals surface area contributed by atoms with E-state index in [2.05, 4.69) is 15.1 Å². The van der Waals surface area contributed by atoms with Crippen LogP contribution >= 0.6 is 11.6 Å². The maximum atomic E-state index is 5.83. The lowest BCUT2D eigenvalue weighted by Crippen LogP contribution is -1.97. The summed E-state index contributed by atoms with van der Waals surface area (Å²) < 4.78 is 1.66. The van der Waals surface area contributed by atoms with Crippen molar-refractivity contribution >= 4 is 11.6 Å². The molecular formula is C14H11ClN4. The lowest BCUT2D eigenvalue weighted by atomic mass is 10.1. The Labute approximate surface area is 115 Å². The van der Waals surface area contributed by atoms with Gasteiger partial charge in [0.05, 0.1) is 0 Å². The number of hydrogen-bond donors (Lipinski definition) is 0. The highest BCUT2D eigenvalue weighted by molar-refractivity contribution is 6.17. The Balaban J connectivity index is 1.97. The largest absolute Gasteiger partial charge is 0.237 e. The van der Waals surface area contributed by atoms with Crippen molar-refractivity contribution in [2.75, 3.05) is 0 Å². The van der Waals surface area contributed by atoms with E-state index in [4.69, 9.17) is 11.6 Å². The third kappa shape index (κ3) is 2.48. The summed E-state index contributed by atoms with van der Waals surface area (Å²) in [7, 11) is 0. The van der Waals surface area contributed by atoms with E-state index >= 15 is 0 Å². The van der Waals surface area contributed by atoms with Crippen molar-refractivity contribution in [1.82, 2.24) is 19.7 Å². The van der Waals surface area contributed by atoms with Crippen LogP contribution in [0.3, 0.4) is 0 Å². The molecule has 4 nitrogen and oxygen atoms in total. The van der Waals surface area contributed by atoms with E-state index in [-0.39, 0.29) is 0 Å². The molecule has 0 atom stereocenters. The number of aromatic nitrogens is 4. The van der Waals surface area contributed by atoms with Gasteiger partial charge >= 0.3 is 0 Å². The van der Waals surface area contributed by atoms with Crippen LogP contribution in [-0.4, -0.2) is 19.7 Å². The molecule has 0 spiro atoms. The van der Waals surface area contributed by atoms with Crippen molar-refractivity contribution in [1.29, 1.82) is 0 Å². The molecule has 3 aromatic rings. The molecule has 0 amide bonds. The van der Waals surface area contributed by atoms with Gasteiger partial charge in [-0.25, -0.2) is 14.6 Å². The zero-order valence-electron chi connectivity index (χ0n) is 10.1. The van der Waals surface area contributed by atoms with Crippen molar-refractivity contribution in [3.8, 4) is 17.2 Å². The predicted molar refractivity (Wildman–Crippen MR) is 74.1 cm³/mol. The highest BCUT2D eigenvalue weighted by atomic mass is 35.5. The summed E-state index contributed by atoms with van der Waals surface area (Å²) in [4.78, 5) is 8.54. The van der Waals surface area contributed by atoms with Gasteiger partial charge in [0.15, 0.2) is 11.6 Å². The third-order valence-electron chi connectivity index (χ3n) is 2.72. The van der Waals surface area contributed by atoms with Crippen molar-refractivity contribution in [2.45, 2.75) is 5.88 Å². The minimum atomic E-state index is 0.481. The average molecular weight is 271 g/mol. The number of nitrogens with zero attached hydrogens (tertiary/aromatic N) is 4. The molecule has 0 saturated carbocycles. The Morgan fingerprint density at radius 1 is 1.05 bits per heavy atom. The molecule has 0 N–H and O–H groups in total.